The highest BCUT2D eigenvalue weighted by Crippen LogP contribution is 1.81. The van der Waals surface area contributed by atoms with Crippen molar-refractivity contribution in [1.82, 2.24) is 0 Å². The lowest BCUT2D eigenvalue weighted by molar-refractivity contribution is -0.132. The van der Waals surface area contributed by atoms with Gasteiger partial charge in [-0.15, -0.1) is 0 Å². The van der Waals surface area contributed by atoms with Crippen molar-refractivity contribution < 1.29 is 9.90 Å². The summed E-state index contributed by atoms with van der Waals surface area (Å²) in [5, 5.41) is 16.5. The van der Waals surface area contributed by atoms with E-state index >= 15 is 0 Å². The first-order chi connectivity index (χ1) is 4.06. The number of carboxylic acid groups (broad SMARTS) is 1. The van der Waals surface area contributed by atoms with Crippen LogP contribution in [0.4, 0.5) is 0 Å². The second-order valence-corrected chi connectivity index (χ2v) is 1.39. The predicted octanol–water partition coefficient (Wildman–Crippen LogP) is 1.04. The summed E-state index contributed by atoms with van der Waals surface area (Å²) >= 11 is 3.09. The smallest absolute Gasteiger partial charge is 0.330 e. The Balaban J connectivity index is 0. The third-order valence-corrected chi connectivity index (χ3v) is 0.365. The molecular formula is C5H7NO2S. The minimum atomic E-state index is -0.935. The molecule has 4 heteroatoms. The molecule has 0 bridgehead atoms. The third kappa shape index (κ3) is 19.3. The Labute approximate surface area is 59.0 Å². The van der Waals surface area contributed by atoms with Crippen LogP contribution < -0.4 is 0 Å². The first-order valence-corrected chi connectivity index (χ1v) is 2.43. The molecule has 0 aromatic heterocycles. The number of carbonyl (C=O) groups is 1. The van der Waals surface area contributed by atoms with Crippen LogP contribution in [0, 0.1) is 10.7 Å². The number of aliphatic carboxylic acids is 1. The lowest BCUT2D eigenvalue weighted by Gasteiger charge is -1.79. The van der Waals surface area contributed by atoms with E-state index in [9.17, 15) is 4.79 Å². The molecule has 0 saturated heterocycles. The molecule has 0 unspecified atom stereocenters. The second-order valence-electron chi connectivity index (χ2n) is 1.19. The predicted molar refractivity (Wildman–Crippen MR) is 37.0 cm³/mol. The van der Waals surface area contributed by atoms with Gasteiger partial charge in [-0.2, -0.15) is 5.26 Å². The molecule has 0 spiro atoms. The van der Waals surface area contributed by atoms with Gasteiger partial charge in [-0.05, 0) is 6.92 Å². The Hall–Kier alpha value is -0.950. The van der Waals surface area contributed by atoms with Gasteiger partial charge in [0.1, 0.15) is 5.40 Å². The van der Waals surface area contributed by atoms with Crippen molar-refractivity contribution in [3.8, 4) is 5.40 Å². The van der Waals surface area contributed by atoms with Crippen molar-refractivity contribution in [3.05, 3.63) is 12.2 Å². The van der Waals surface area contributed by atoms with Crippen molar-refractivity contribution in [3.63, 3.8) is 0 Å². The standard InChI is InChI=1S/C4H6O2.CHNS/c1-3(2)4(5)6;2-1-3/h1H2,2H3,(H,5,6);3H. The maximum atomic E-state index is 9.60. The van der Waals surface area contributed by atoms with Gasteiger partial charge in [-0.3, -0.25) is 0 Å². The molecule has 0 heterocycles. The topological polar surface area (TPSA) is 61.1 Å². The van der Waals surface area contributed by atoms with Crippen LogP contribution in [0.2, 0.25) is 0 Å². The zero-order valence-electron chi connectivity index (χ0n) is 4.96. The molecule has 0 amide bonds. The Morgan fingerprint density at radius 1 is 1.89 bits per heavy atom. The van der Waals surface area contributed by atoms with E-state index in [0.717, 1.165) is 0 Å². The number of thiocyanates is 1. The number of thiol groups is 1. The molecule has 1 N–H and O–H groups in total. The van der Waals surface area contributed by atoms with E-state index in [1.54, 1.807) is 0 Å². The van der Waals surface area contributed by atoms with Crippen molar-refractivity contribution in [2.24, 2.45) is 0 Å². The average Bonchev–Trinajstić information content (AvgIpc) is 1.68. The Bertz CT molecular complexity index is 136. The summed E-state index contributed by atoms with van der Waals surface area (Å²) in [6.07, 6.45) is 0. The fraction of sp³-hybridized carbons (Fsp3) is 0.200. The molecule has 0 aliphatic rings. The van der Waals surface area contributed by atoms with Crippen LogP contribution in [0.5, 0.6) is 0 Å². The first-order valence-electron chi connectivity index (χ1n) is 1.98. The molecule has 0 saturated carbocycles. The maximum Gasteiger partial charge on any atom is 0.330 e. The summed E-state index contributed by atoms with van der Waals surface area (Å²) in [7, 11) is 0. The average molecular weight is 145 g/mol. The minimum absolute atomic E-state index is 0.176. The van der Waals surface area contributed by atoms with Crippen LogP contribution in [-0.2, 0) is 4.79 Å². The van der Waals surface area contributed by atoms with Gasteiger partial charge in [-0.25, -0.2) is 4.79 Å². The fourth-order valence-corrected chi connectivity index (χ4v) is 0. The van der Waals surface area contributed by atoms with E-state index in [2.05, 4.69) is 19.2 Å². The van der Waals surface area contributed by atoms with Gasteiger partial charge in [0, 0.05) is 5.57 Å². The van der Waals surface area contributed by atoms with Gasteiger partial charge >= 0.3 is 5.97 Å². The lowest BCUT2D eigenvalue weighted by Crippen LogP contribution is -1.92. The minimum Gasteiger partial charge on any atom is -0.478 e. The Kier molecular flexibility index (Phi) is 8.56. The third-order valence-electron chi connectivity index (χ3n) is 0.365. The fourth-order valence-electron chi connectivity index (χ4n) is 0. The normalized spacial score (nSPS) is 5.89. The van der Waals surface area contributed by atoms with Gasteiger partial charge in [-0.1, -0.05) is 19.2 Å². The second kappa shape index (κ2) is 7.05. The van der Waals surface area contributed by atoms with E-state index in [1.807, 2.05) is 0 Å². The summed E-state index contributed by atoms with van der Waals surface area (Å²) in [5.74, 6) is -0.935. The molecule has 9 heavy (non-hydrogen) atoms. The van der Waals surface area contributed by atoms with Crippen molar-refractivity contribution in [2.45, 2.75) is 6.92 Å². The van der Waals surface area contributed by atoms with Gasteiger partial charge in [0.25, 0.3) is 0 Å². The van der Waals surface area contributed by atoms with E-state index in [4.69, 9.17) is 10.4 Å². The molecule has 0 aromatic carbocycles. The molecule has 0 fully saturated rings. The number of hydrogen-bond acceptors (Lipinski definition) is 3. The summed E-state index contributed by atoms with van der Waals surface area (Å²) in [4.78, 5) is 9.60. The highest BCUT2D eigenvalue weighted by atomic mass is 32.1. The summed E-state index contributed by atoms with van der Waals surface area (Å²) < 4.78 is 0. The van der Waals surface area contributed by atoms with Crippen LogP contribution in [0.25, 0.3) is 0 Å². The lowest BCUT2D eigenvalue weighted by atomic mass is 10.4. The van der Waals surface area contributed by atoms with E-state index in [0.29, 0.717) is 0 Å². The number of nitrogens with zero attached hydrogens (tertiary/aromatic N) is 1. The summed E-state index contributed by atoms with van der Waals surface area (Å²) in [5.41, 5.74) is 0.176. The van der Waals surface area contributed by atoms with Crippen LogP contribution >= 0.6 is 12.6 Å². The van der Waals surface area contributed by atoms with Gasteiger partial charge < -0.3 is 5.11 Å². The molecule has 0 aromatic rings. The number of nitriles is 1. The SMILES string of the molecule is C=C(C)C(=O)O.N#CS. The van der Waals surface area contributed by atoms with Crippen LogP contribution in [0.1, 0.15) is 6.92 Å². The van der Waals surface area contributed by atoms with E-state index in [1.165, 1.54) is 12.3 Å². The van der Waals surface area contributed by atoms with Crippen LogP contribution in [0.15, 0.2) is 12.2 Å². The Morgan fingerprint density at radius 2 is 2.00 bits per heavy atom. The quantitative estimate of drug-likeness (QED) is 0.329. The van der Waals surface area contributed by atoms with Crippen molar-refractivity contribution >= 4 is 18.6 Å². The largest absolute Gasteiger partial charge is 0.478 e. The molecule has 0 atom stereocenters. The van der Waals surface area contributed by atoms with E-state index in [-0.39, 0.29) is 5.57 Å². The van der Waals surface area contributed by atoms with E-state index < -0.39 is 5.97 Å². The highest BCUT2D eigenvalue weighted by Gasteiger charge is 1.90. The zero-order chi connectivity index (χ0) is 7.86. The van der Waals surface area contributed by atoms with Crippen LogP contribution in [-0.4, -0.2) is 11.1 Å². The van der Waals surface area contributed by atoms with Gasteiger partial charge in [0.2, 0.25) is 0 Å². The van der Waals surface area contributed by atoms with Crippen molar-refractivity contribution in [1.29, 1.82) is 5.26 Å². The molecule has 0 aliphatic heterocycles. The monoisotopic (exact) mass is 145 g/mol. The Morgan fingerprint density at radius 3 is 2.00 bits per heavy atom. The molecule has 0 radical (unpaired) electrons. The maximum absolute atomic E-state index is 9.60. The summed E-state index contributed by atoms with van der Waals surface area (Å²) in [6, 6.07) is 0. The van der Waals surface area contributed by atoms with Gasteiger partial charge in [0.05, 0.1) is 0 Å². The zero-order valence-corrected chi connectivity index (χ0v) is 5.85. The van der Waals surface area contributed by atoms with Gasteiger partial charge in [0.15, 0.2) is 0 Å². The molecule has 0 rings (SSSR count). The van der Waals surface area contributed by atoms with Crippen molar-refractivity contribution in [2.75, 3.05) is 0 Å². The summed E-state index contributed by atoms with van der Waals surface area (Å²) in [6.45, 7) is 4.60. The number of carboxylic acids is 1. The molecule has 3 nitrogen and oxygen atoms in total. The number of rotatable bonds is 1. The first kappa shape index (κ1) is 10.9. The molecule has 50 valence electrons. The molecule has 0 aliphatic carbocycles. The van der Waals surface area contributed by atoms with Crippen LogP contribution in [0.3, 0.4) is 0 Å². The highest BCUT2D eigenvalue weighted by molar-refractivity contribution is 7.85. The molecular weight excluding hydrogens is 138 g/mol. The number of hydrogen-bond donors (Lipinski definition) is 2.